The van der Waals surface area contributed by atoms with Crippen LogP contribution in [0.25, 0.3) is 0 Å². The van der Waals surface area contributed by atoms with Crippen LogP contribution in [0.3, 0.4) is 0 Å². The molecule has 1 rings (SSSR count). The highest BCUT2D eigenvalue weighted by atomic mass is 16.5. The van der Waals surface area contributed by atoms with Crippen molar-refractivity contribution in [2.45, 2.75) is 70.5 Å². The second-order valence-corrected chi connectivity index (χ2v) is 5.37. The zero-order chi connectivity index (χ0) is 13.9. The molecule has 19 heavy (non-hydrogen) atoms. The van der Waals surface area contributed by atoms with E-state index in [0.717, 1.165) is 12.8 Å². The summed E-state index contributed by atoms with van der Waals surface area (Å²) < 4.78 is 10.8. The van der Waals surface area contributed by atoms with Crippen LogP contribution in [-0.4, -0.2) is 38.4 Å². The molecule has 1 saturated heterocycles. The van der Waals surface area contributed by atoms with Crippen molar-refractivity contribution < 1.29 is 14.3 Å². The summed E-state index contributed by atoms with van der Waals surface area (Å²) in [6.07, 6.45) is 9.14. The molecule has 0 aromatic heterocycles. The van der Waals surface area contributed by atoms with Gasteiger partial charge in [-0.2, -0.15) is 0 Å². The minimum absolute atomic E-state index is 0.124. The van der Waals surface area contributed by atoms with Crippen LogP contribution in [-0.2, 0) is 14.3 Å². The molecule has 0 aromatic rings. The van der Waals surface area contributed by atoms with Crippen LogP contribution in [0.1, 0.15) is 58.3 Å². The van der Waals surface area contributed by atoms with Crippen LogP contribution in [0, 0.1) is 0 Å². The van der Waals surface area contributed by atoms with Gasteiger partial charge in [-0.3, -0.25) is 4.79 Å². The minimum atomic E-state index is 0.124. The van der Waals surface area contributed by atoms with Gasteiger partial charge >= 0.3 is 0 Å². The van der Waals surface area contributed by atoms with Crippen LogP contribution >= 0.6 is 0 Å². The fraction of sp³-hybridized carbons (Fsp3) is 0.933. The van der Waals surface area contributed by atoms with Crippen LogP contribution in [0.5, 0.6) is 0 Å². The number of carbonyl (C=O) groups excluding carboxylic acids is 1. The van der Waals surface area contributed by atoms with E-state index in [1.54, 1.807) is 7.11 Å². The Morgan fingerprint density at radius 3 is 2.68 bits per heavy atom. The highest BCUT2D eigenvalue weighted by Gasteiger charge is 2.25. The Labute approximate surface area is 117 Å². The molecule has 0 radical (unpaired) electrons. The summed E-state index contributed by atoms with van der Waals surface area (Å²) in [7, 11) is 1.70. The number of hydrogen-bond acceptors (Lipinski definition) is 3. The van der Waals surface area contributed by atoms with Crippen molar-refractivity contribution >= 4 is 5.91 Å². The van der Waals surface area contributed by atoms with Crippen LogP contribution in [0.4, 0.5) is 0 Å². The average molecular weight is 271 g/mol. The summed E-state index contributed by atoms with van der Waals surface area (Å²) in [6.45, 7) is 3.48. The first-order chi connectivity index (χ1) is 9.26. The summed E-state index contributed by atoms with van der Waals surface area (Å²) in [4.78, 5) is 11.6. The Bertz CT molecular complexity index is 246. The van der Waals surface area contributed by atoms with Crippen LogP contribution in [0.15, 0.2) is 0 Å². The van der Waals surface area contributed by atoms with Gasteiger partial charge in [-0.25, -0.2) is 0 Å². The first-order valence-corrected chi connectivity index (χ1v) is 7.67. The molecular weight excluding hydrogens is 242 g/mol. The van der Waals surface area contributed by atoms with E-state index in [2.05, 4.69) is 12.2 Å². The molecule has 4 heteroatoms. The van der Waals surface area contributed by atoms with Gasteiger partial charge in [0.15, 0.2) is 0 Å². The van der Waals surface area contributed by atoms with E-state index in [0.29, 0.717) is 19.6 Å². The average Bonchev–Trinajstić information content (AvgIpc) is 2.88. The topological polar surface area (TPSA) is 47.6 Å². The van der Waals surface area contributed by atoms with E-state index in [4.69, 9.17) is 9.47 Å². The summed E-state index contributed by atoms with van der Waals surface area (Å²) in [5, 5.41) is 2.95. The van der Waals surface area contributed by atoms with Gasteiger partial charge in [0.2, 0.25) is 5.91 Å². The molecule has 1 heterocycles. The Hall–Kier alpha value is -0.610. The van der Waals surface area contributed by atoms with Gasteiger partial charge in [0.1, 0.15) is 0 Å². The highest BCUT2D eigenvalue weighted by molar-refractivity contribution is 5.75. The second kappa shape index (κ2) is 10.2. The lowest BCUT2D eigenvalue weighted by Gasteiger charge is -2.10. The third kappa shape index (κ3) is 7.53. The summed E-state index contributed by atoms with van der Waals surface area (Å²) in [5.74, 6) is 0.153. The molecule has 0 spiro atoms. The maximum atomic E-state index is 11.6. The van der Waals surface area contributed by atoms with E-state index in [9.17, 15) is 4.79 Å². The van der Waals surface area contributed by atoms with Crippen molar-refractivity contribution in [1.82, 2.24) is 5.32 Å². The molecule has 1 fully saturated rings. The fourth-order valence-electron chi connectivity index (χ4n) is 2.36. The second-order valence-electron chi connectivity index (χ2n) is 5.37. The molecule has 2 atom stereocenters. The molecular formula is C15H29NO3. The maximum Gasteiger partial charge on any atom is 0.220 e. The van der Waals surface area contributed by atoms with E-state index in [1.807, 2.05) is 0 Å². The lowest BCUT2D eigenvalue weighted by molar-refractivity contribution is -0.121. The number of ether oxygens (including phenoxy) is 2. The van der Waals surface area contributed by atoms with Gasteiger partial charge in [0.25, 0.3) is 0 Å². The maximum absolute atomic E-state index is 11.6. The third-order valence-corrected chi connectivity index (χ3v) is 3.66. The number of hydrogen-bond donors (Lipinski definition) is 1. The van der Waals surface area contributed by atoms with Crippen LogP contribution < -0.4 is 5.32 Å². The third-order valence-electron chi connectivity index (χ3n) is 3.66. The Morgan fingerprint density at radius 2 is 2.00 bits per heavy atom. The van der Waals surface area contributed by atoms with Crippen molar-refractivity contribution in [2.24, 2.45) is 0 Å². The predicted octanol–water partition coefficient (Wildman–Crippen LogP) is 2.66. The Morgan fingerprint density at radius 1 is 1.26 bits per heavy atom. The number of methoxy groups -OCH3 is 1. The fourth-order valence-corrected chi connectivity index (χ4v) is 2.36. The molecule has 0 aromatic carbocycles. The van der Waals surface area contributed by atoms with E-state index >= 15 is 0 Å². The predicted molar refractivity (Wildman–Crippen MR) is 76.2 cm³/mol. The van der Waals surface area contributed by atoms with E-state index in [1.165, 1.54) is 32.1 Å². The molecule has 1 aliphatic heterocycles. The zero-order valence-electron chi connectivity index (χ0n) is 12.5. The van der Waals surface area contributed by atoms with Crippen molar-refractivity contribution in [3.8, 4) is 0 Å². The number of amides is 1. The monoisotopic (exact) mass is 271 g/mol. The summed E-state index contributed by atoms with van der Waals surface area (Å²) >= 11 is 0. The first-order valence-electron chi connectivity index (χ1n) is 7.67. The molecule has 1 amide bonds. The summed E-state index contributed by atoms with van der Waals surface area (Å²) in [6, 6.07) is 0. The molecule has 4 nitrogen and oxygen atoms in total. The smallest absolute Gasteiger partial charge is 0.220 e. The zero-order valence-corrected chi connectivity index (χ0v) is 12.5. The quantitative estimate of drug-likeness (QED) is 0.621. The van der Waals surface area contributed by atoms with Crippen molar-refractivity contribution in [3.05, 3.63) is 0 Å². The molecule has 0 bridgehead atoms. The number of nitrogens with one attached hydrogen (secondary N) is 1. The first kappa shape index (κ1) is 16.4. The van der Waals surface area contributed by atoms with Gasteiger partial charge in [-0.15, -0.1) is 0 Å². The Balaban J connectivity index is 1.93. The molecule has 112 valence electrons. The highest BCUT2D eigenvalue weighted by Crippen LogP contribution is 2.14. The number of carbonyl (C=O) groups is 1. The largest absolute Gasteiger partial charge is 0.379 e. The van der Waals surface area contributed by atoms with Crippen molar-refractivity contribution in [1.29, 1.82) is 0 Å². The number of rotatable bonds is 10. The lowest BCUT2D eigenvalue weighted by atomic mass is 10.1. The minimum Gasteiger partial charge on any atom is -0.379 e. The van der Waals surface area contributed by atoms with Gasteiger partial charge in [-0.05, 0) is 6.42 Å². The van der Waals surface area contributed by atoms with Crippen LogP contribution in [0.2, 0.25) is 0 Å². The van der Waals surface area contributed by atoms with Crippen molar-refractivity contribution in [2.75, 3.05) is 20.3 Å². The van der Waals surface area contributed by atoms with Crippen molar-refractivity contribution in [3.63, 3.8) is 0 Å². The molecule has 0 aliphatic carbocycles. The van der Waals surface area contributed by atoms with E-state index in [-0.39, 0.29) is 18.1 Å². The molecule has 0 unspecified atom stereocenters. The van der Waals surface area contributed by atoms with E-state index < -0.39 is 0 Å². The molecule has 1 N–H and O–H groups in total. The van der Waals surface area contributed by atoms with Gasteiger partial charge < -0.3 is 14.8 Å². The number of unbranched alkanes of at least 4 members (excludes halogenated alkanes) is 5. The van der Waals surface area contributed by atoms with Gasteiger partial charge in [0.05, 0.1) is 18.8 Å². The molecule has 1 aliphatic rings. The lowest BCUT2D eigenvalue weighted by Crippen LogP contribution is -2.31. The molecule has 0 saturated carbocycles. The van der Waals surface area contributed by atoms with Gasteiger partial charge in [-0.1, -0.05) is 39.0 Å². The normalized spacial score (nSPS) is 22.6. The Kier molecular flexibility index (Phi) is 8.84. The van der Waals surface area contributed by atoms with Gasteiger partial charge in [0, 0.05) is 26.5 Å². The summed E-state index contributed by atoms with van der Waals surface area (Å²) in [5.41, 5.74) is 0. The standard InChI is InChI=1S/C15H29NO3/c1-3-4-5-6-7-8-9-15(17)16-11-13-10-14(18-2)12-19-13/h13-14H,3-12H2,1-2H3,(H,16,17)/t13-,14-/m0/s1. The SMILES string of the molecule is CCCCCCCCC(=O)NC[C@@H]1C[C@H](OC)CO1.